The third kappa shape index (κ3) is 2.94. The minimum Gasteiger partial charge on any atom is -0.314 e. The lowest BCUT2D eigenvalue weighted by molar-refractivity contribution is 0.235. The van der Waals surface area contributed by atoms with Gasteiger partial charge in [-0.15, -0.1) is 0 Å². The maximum absolute atomic E-state index is 3.67. The van der Waals surface area contributed by atoms with E-state index in [1.807, 2.05) is 0 Å². The summed E-state index contributed by atoms with van der Waals surface area (Å²) >= 11 is 0. The molecule has 2 heteroatoms. The Kier molecular flexibility index (Phi) is 4.04. The van der Waals surface area contributed by atoms with Crippen molar-refractivity contribution in [2.45, 2.75) is 58.0 Å². The van der Waals surface area contributed by atoms with E-state index in [4.69, 9.17) is 0 Å². The lowest BCUT2D eigenvalue weighted by atomic mass is 10.2. The summed E-state index contributed by atoms with van der Waals surface area (Å²) in [7, 11) is 0. The second-order valence-electron chi connectivity index (χ2n) is 5.51. The topological polar surface area (TPSA) is 15.3 Å². The third-order valence-electron chi connectivity index (χ3n) is 4.06. The zero-order valence-electron chi connectivity index (χ0n) is 10.3. The van der Waals surface area contributed by atoms with Crippen LogP contribution < -0.4 is 5.32 Å². The fraction of sp³-hybridized carbons (Fsp3) is 1.00. The minimum absolute atomic E-state index is 0.811. The highest BCUT2D eigenvalue weighted by Crippen LogP contribution is 2.28. The van der Waals surface area contributed by atoms with Crippen LogP contribution in [0.5, 0.6) is 0 Å². The van der Waals surface area contributed by atoms with Crippen LogP contribution in [0.15, 0.2) is 0 Å². The van der Waals surface area contributed by atoms with Gasteiger partial charge >= 0.3 is 0 Å². The molecule has 0 radical (unpaired) electrons. The molecule has 1 saturated heterocycles. The van der Waals surface area contributed by atoms with Gasteiger partial charge in [-0.3, -0.25) is 0 Å². The molecule has 0 aromatic heterocycles. The first-order valence-corrected chi connectivity index (χ1v) is 6.77. The van der Waals surface area contributed by atoms with Crippen LogP contribution in [0.3, 0.4) is 0 Å². The van der Waals surface area contributed by atoms with Crippen LogP contribution in [0.25, 0.3) is 0 Å². The predicted molar refractivity (Wildman–Crippen MR) is 65.1 cm³/mol. The van der Waals surface area contributed by atoms with E-state index in [0.29, 0.717) is 0 Å². The Labute approximate surface area is 94.4 Å². The first kappa shape index (κ1) is 11.4. The standard InChI is InChI=1S/C13H26N2/c1-3-7-14-12-4-5-13(9-12)15-8-6-11(2)10-15/h11-14H,3-10H2,1-2H3. The average Bonchev–Trinajstić information content (AvgIpc) is 2.83. The Balaban J connectivity index is 1.72. The molecule has 0 aromatic carbocycles. The van der Waals surface area contributed by atoms with Crippen molar-refractivity contribution < 1.29 is 0 Å². The molecule has 1 aliphatic carbocycles. The van der Waals surface area contributed by atoms with E-state index >= 15 is 0 Å². The smallest absolute Gasteiger partial charge is 0.0111 e. The second kappa shape index (κ2) is 5.31. The predicted octanol–water partition coefficient (Wildman–Crippen LogP) is 2.25. The summed E-state index contributed by atoms with van der Waals surface area (Å²) in [6, 6.07) is 1.70. The van der Waals surface area contributed by atoms with Gasteiger partial charge in [0.05, 0.1) is 0 Å². The molecule has 15 heavy (non-hydrogen) atoms. The molecule has 2 aliphatic rings. The summed E-state index contributed by atoms with van der Waals surface area (Å²) in [5, 5.41) is 3.67. The largest absolute Gasteiger partial charge is 0.314 e. The zero-order chi connectivity index (χ0) is 10.7. The van der Waals surface area contributed by atoms with Crippen LogP contribution in [0.2, 0.25) is 0 Å². The average molecular weight is 210 g/mol. The van der Waals surface area contributed by atoms with Crippen molar-refractivity contribution in [1.82, 2.24) is 10.2 Å². The van der Waals surface area contributed by atoms with Gasteiger partial charge in [0.1, 0.15) is 0 Å². The molecular formula is C13H26N2. The molecule has 0 aromatic rings. The summed E-state index contributed by atoms with van der Waals surface area (Å²) in [5.74, 6) is 0.938. The highest BCUT2D eigenvalue weighted by molar-refractivity contribution is 4.89. The van der Waals surface area contributed by atoms with Gasteiger partial charge < -0.3 is 10.2 Å². The van der Waals surface area contributed by atoms with Gasteiger partial charge in [0.25, 0.3) is 0 Å². The summed E-state index contributed by atoms with van der Waals surface area (Å²) in [5.41, 5.74) is 0. The van der Waals surface area contributed by atoms with E-state index in [1.54, 1.807) is 0 Å². The van der Waals surface area contributed by atoms with Crippen molar-refractivity contribution in [3.8, 4) is 0 Å². The number of nitrogens with zero attached hydrogens (tertiary/aromatic N) is 1. The maximum atomic E-state index is 3.67. The number of hydrogen-bond acceptors (Lipinski definition) is 2. The fourth-order valence-electron chi connectivity index (χ4n) is 3.12. The van der Waals surface area contributed by atoms with E-state index in [0.717, 1.165) is 18.0 Å². The van der Waals surface area contributed by atoms with Gasteiger partial charge in [-0.1, -0.05) is 13.8 Å². The van der Waals surface area contributed by atoms with Crippen molar-refractivity contribution >= 4 is 0 Å². The number of rotatable bonds is 4. The molecule has 0 amide bonds. The SMILES string of the molecule is CCCNC1CCC(N2CCC(C)C2)C1. The molecule has 3 unspecified atom stereocenters. The Morgan fingerprint density at radius 2 is 2.13 bits per heavy atom. The van der Waals surface area contributed by atoms with Crippen molar-refractivity contribution in [3.05, 3.63) is 0 Å². The summed E-state index contributed by atoms with van der Waals surface area (Å²) in [6.45, 7) is 8.55. The highest BCUT2D eigenvalue weighted by Gasteiger charge is 2.31. The van der Waals surface area contributed by atoms with Gasteiger partial charge in [-0.25, -0.2) is 0 Å². The van der Waals surface area contributed by atoms with Gasteiger partial charge in [0.15, 0.2) is 0 Å². The zero-order valence-corrected chi connectivity index (χ0v) is 10.3. The molecule has 2 fully saturated rings. The molecule has 1 N–H and O–H groups in total. The summed E-state index contributed by atoms with van der Waals surface area (Å²) in [6.07, 6.45) is 6.90. The molecule has 1 heterocycles. The quantitative estimate of drug-likeness (QED) is 0.765. The van der Waals surface area contributed by atoms with Crippen molar-refractivity contribution in [1.29, 1.82) is 0 Å². The lowest BCUT2D eigenvalue weighted by Gasteiger charge is -2.23. The number of hydrogen-bond donors (Lipinski definition) is 1. The Morgan fingerprint density at radius 3 is 2.80 bits per heavy atom. The monoisotopic (exact) mass is 210 g/mol. The Morgan fingerprint density at radius 1 is 1.27 bits per heavy atom. The Hall–Kier alpha value is -0.0800. The molecule has 2 rings (SSSR count). The molecule has 88 valence electrons. The van der Waals surface area contributed by atoms with E-state index in [1.165, 1.54) is 51.7 Å². The van der Waals surface area contributed by atoms with E-state index < -0.39 is 0 Å². The molecule has 2 nitrogen and oxygen atoms in total. The van der Waals surface area contributed by atoms with Gasteiger partial charge in [0.2, 0.25) is 0 Å². The molecule has 0 spiro atoms. The van der Waals surface area contributed by atoms with Gasteiger partial charge in [0, 0.05) is 18.6 Å². The van der Waals surface area contributed by atoms with E-state index in [-0.39, 0.29) is 0 Å². The van der Waals surface area contributed by atoms with E-state index in [2.05, 4.69) is 24.1 Å². The summed E-state index contributed by atoms with van der Waals surface area (Å²) in [4.78, 5) is 2.73. The van der Waals surface area contributed by atoms with Gasteiger partial charge in [-0.2, -0.15) is 0 Å². The highest BCUT2D eigenvalue weighted by atomic mass is 15.2. The Bertz CT molecular complexity index is 193. The first-order valence-electron chi connectivity index (χ1n) is 6.77. The molecule has 0 bridgehead atoms. The fourth-order valence-corrected chi connectivity index (χ4v) is 3.12. The van der Waals surface area contributed by atoms with Crippen LogP contribution in [0.1, 0.15) is 46.0 Å². The number of nitrogens with one attached hydrogen (secondary N) is 1. The second-order valence-corrected chi connectivity index (χ2v) is 5.51. The molecule has 3 atom stereocenters. The van der Waals surface area contributed by atoms with Crippen LogP contribution in [-0.2, 0) is 0 Å². The van der Waals surface area contributed by atoms with Gasteiger partial charge in [-0.05, 0) is 51.1 Å². The molecule has 1 saturated carbocycles. The third-order valence-corrected chi connectivity index (χ3v) is 4.06. The van der Waals surface area contributed by atoms with Crippen LogP contribution in [0, 0.1) is 5.92 Å². The lowest BCUT2D eigenvalue weighted by Crippen LogP contribution is -2.34. The normalized spacial score (nSPS) is 37.6. The molecular weight excluding hydrogens is 184 g/mol. The summed E-state index contributed by atoms with van der Waals surface area (Å²) < 4.78 is 0. The van der Waals surface area contributed by atoms with Crippen molar-refractivity contribution in [2.24, 2.45) is 5.92 Å². The maximum Gasteiger partial charge on any atom is 0.0111 e. The van der Waals surface area contributed by atoms with Crippen LogP contribution in [0.4, 0.5) is 0 Å². The van der Waals surface area contributed by atoms with Crippen LogP contribution >= 0.6 is 0 Å². The number of likely N-dealkylation sites (tertiary alicyclic amines) is 1. The molecule has 1 aliphatic heterocycles. The minimum atomic E-state index is 0.811. The van der Waals surface area contributed by atoms with Crippen molar-refractivity contribution in [2.75, 3.05) is 19.6 Å². The van der Waals surface area contributed by atoms with Crippen LogP contribution in [-0.4, -0.2) is 36.6 Å². The van der Waals surface area contributed by atoms with E-state index in [9.17, 15) is 0 Å². The van der Waals surface area contributed by atoms with Crippen molar-refractivity contribution in [3.63, 3.8) is 0 Å². The first-order chi connectivity index (χ1) is 7.29.